The van der Waals surface area contributed by atoms with Gasteiger partial charge in [-0.15, -0.1) is 0 Å². The van der Waals surface area contributed by atoms with E-state index >= 15 is 0 Å². The number of unbranched alkanes of at least 4 members (excludes halogenated alkanes) is 1. The Kier molecular flexibility index (Phi) is 7.12. The average molecular weight is 497 g/mol. The third-order valence-corrected chi connectivity index (χ3v) is 7.40. The van der Waals surface area contributed by atoms with Gasteiger partial charge in [-0.25, -0.2) is 4.98 Å². The number of nitrogens with two attached hydrogens (primary N) is 1. The van der Waals surface area contributed by atoms with Crippen LogP contribution in [0.3, 0.4) is 0 Å². The summed E-state index contributed by atoms with van der Waals surface area (Å²) in [5.74, 6) is 2.67. The summed E-state index contributed by atoms with van der Waals surface area (Å²) in [4.78, 5) is 7.16. The minimum absolute atomic E-state index is 0.0885. The zero-order valence-electron chi connectivity index (χ0n) is 21.8. The molecule has 0 bridgehead atoms. The fourth-order valence-electron chi connectivity index (χ4n) is 5.34. The van der Waals surface area contributed by atoms with E-state index in [9.17, 15) is 0 Å². The first-order valence-electron chi connectivity index (χ1n) is 13.3. The fraction of sp³-hybridized carbons (Fsp3) is 0.367. The Morgan fingerprint density at radius 3 is 2.51 bits per heavy atom. The number of amidine groups is 2. The Morgan fingerprint density at radius 2 is 1.81 bits per heavy atom. The van der Waals surface area contributed by atoms with E-state index in [0.717, 1.165) is 84.1 Å². The van der Waals surface area contributed by atoms with Crippen LogP contribution in [0.4, 0.5) is 0 Å². The number of aryl methyl sites for hydroxylation is 1. The van der Waals surface area contributed by atoms with Crippen molar-refractivity contribution in [1.29, 1.82) is 10.8 Å². The van der Waals surface area contributed by atoms with Gasteiger partial charge in [0.05, 0.1) is 16.9 Å². The van der Waals surface area contributed by atoms with Crippen LogP contribution in [-0.2, 0) is 13.0 Å². The Labute approximate surface area is 218 Å². The van der Waals surface area contributed by atoms with Gasteiger partial charge < -0.3 is 19.9 Å². The number of benzene rings is 3. The number of nitrogens with zero attached hydrogens (tertiary/aromatic N) is 3. The quantitative estimate of drug-likeness (QED) is 0.215. The molecule has 1 aliphatic rings. The van der Waals surface area contributed by atoms with Crippen molar-refractivity contribution in [1.82, 2.24) is 14.5 Å². The van der Waals surface area contributed by atoms with Crippen molar-refractivity contribution in [3.05, 3.63) is 71.5 Å². The molecule has 5 rings (SSSR count). The van der Waals surface area contributed by atoms with E-state index in [2.05, 4.69) is 46.7 Å². The van der Waals surface area contributed by atoms with Crippen molar-refractivity contribution in [3.63, 3.8) is 0 Å². The van der Waals surface area contributed by atoms with E-state index in [4.69, 9.17) is 26.3 Å². The maximum atomic E-state index is 7.98. The van der Waals surface area contributed by atoms with Crippen molar-refractivity contribution in [2.24, 2.45) is 5.73 Å². The minimum Gasteiger partial charge on any atom is -0.490 e. The Bertz CT molecular complexity index is 1450. The highest BCUT2D eigenvalue weighted by Gasteiger charge is 2.21. The highest BCUT2D eigenvalue weighted by atomic mass is 16.5. The van der Waals surface area contributed by atoms with E-state index in [0.29, 0.717) is 12.4 Å². The maximum absolute atomic E-state index is 7.98. The van der Waals surface area contributed by atoms with Crippen molar-refractivity contribution < 1.29 is 4.74 Å². The third-order valence-electron chi connectivity index (χ3n) is 7.40. The molecule has 2 heterocycles. The predicted molar refractivity (Wildman–Crippen MR) is 151 cm³/mol. The lowest BCUT2D eigenvalue weighted by Crippen LogP contribution is -2.40. The molecule has 0 amide bonds. The second-order valence-corrected chi connectivity index (χ2v) is 9.99. The Hall–Kier alpha value is -3.87. The molecule has 1 fully saturated rings. The van der Waals surface area contributed by atoms with Crippen molar-refractivity contribution in [2.75, 3.05) is 13.1 Å². The van der Waals surface area contributed by atoms with Gasteiger partial charge in [0.1, 0.15) is 23.5 Å². The largest absolute Gasteiger partial charge is 0.490 e. The molecule has 1 aliphatic heterocycles. The number of nitrogen functional groups attached to an aromatic ring is 1. The molecule has 4 aromatic rings. The highest BCUT2D eigenvalue weighted by molar-refractivity contribution is 6.08. The monoisotopic (exact) mass is 496 g/mol. The van der Waals surface area contributed by atoms with Gasteiger partial charge in [0, 0.05) is 50.5 Å². The lowest BCUT2D eigenvalue weighted by atomic mass is 9.98. The van der Waals surface area contributed by atoms with Crippen LogP contribution in [0.15, 0.2) is 54.6 Å². The van der Waals surface area contributed by atoms with E-state index in [1.807, 2.05) is 31.2 Å². The lowest BCUT2D eigenvalue weighted by molar-refractivity contribution is 0.130. The van der Waals surface area contributed by atoms with E-state index in [1.54, 1.807) is 0 Å². The number of piperidine rings is 1. The number of likely N-dealkylation sites (tertiary alicyclic amines) is 1. The molecule has 0 unspecified atom stereocenters. The van der Waals surface area contributed by atoms with Gasteiger partial charge in [-0.2, -0.15) is 0 Å². The summed E-state index contributed by atoms with van der Waals surface area (Å²) in [5.41, 5.74) is 9.88. The smallest absolute Gasteiger partial charge is 0.123 e. The SMILES string of the molecule is CCCCc1nc2cc(OC3CCN(C(C)=N)CC3)ccc2n1Cc1ccc(C(=N)N)c2ccccc12. The second-order valence-electron chi connectivity index (χ2n) is 9.99. The van der Waals surface area contributed by atoms with Gasteiger partial charge in [0.2, 0.25) is 0 Å². The van der Waals surface area contributed by atoms with Gasteiger partial charge in [-0.3, -0.25) is 10.8 Å². The Balaban J connectivity index is 1.46. The van der Waals surface area contributed by atoms with Gasteiger partial charge in [0.15, 0.2) is 0 Å². The summed E-state index contributed by atoms with van der Waals surface area (Å²) in [5, 5.41) is 18.0. The summed E-state index contributed by atoms with van der Waals surface area (Å²) < 4.78 is 8.68. The number of hydrogen-bond donors (Lipinski definition) is 3. The number of aromatic nitrogens is 2. The summed E-state index contributed by atoms with van der Waals surface area (Å²) >= 11 is 0. The molecule has 0 atom stereocenters. The molecule has 0 spiro atoms. The van der Waals surface area contributed by atoms with Crippen LogP contribution in [0, 0.1) is 10.8 Å². The number of ether oxygens (including phenoxy) is 1. The molecule has 1 aromatic heterocycles. The molecular weight excluding hydrogens is 460 g/mol. The molecule has 37 heavy (non-hydrogen) atoms. The first-order chi connectivity index (χ1) is 17.9. The van der Waals surface area contributed by atoms with Gasteiger partial charge in [-0.05, 0) is 41.8 Å². The van der Waals surface area contributed by atoms with Crippen molar-refractivity contribution in [2.45, 2.75) is 58.6 Å². The number of hydrogen-bond acceptors (Lipinski definition) is 4. The highest BCUT2D eigenvalue weighted by Crippen LogP contribution is 2.29. The first-order valence-corrected chi connectivity index (χ1v) is 13.3. The number of imidazole rings is 1. The zero-order valence-corrected chi connectivity index (χ0v) is 21.8. The van der Waals surface area contributed by atoms with E-state index in [-0.39, 0.29) is 11.9 Å². The molecule has 3 aromatic carbocycles. The van der Waals surface area contributed by atoms with Crippen LogP contribution in [0.1, 0.15) is 56.5 Å². The number of nitrogens with one attached hydrogen (secondary N) is 2. The van der Waals surface area contributed by atoms with Crippen LogP contribution in [0.5, 0.6) is 5.75 Å². The lowest BCUT2D eigenvalue weighted by Gasteiger charge is -2.32. The normalized spacial score (nSPS) is 14.4. The molecule has 7 nitrogen and oxygen atoms in total. The van der Waals surface area contributed by atoms with E-state index < -0.39 is 0 Å². The molecule has 0 saturated carbocycles. The molecule has 4 N–H and O–H groups in total. The van der Waals surface area contributed by atoms with Gasteiger partial charge in [0.25, 0.3) is 0 Å². The van der Waals surface area contributed by atoms with Crippen LogP contribution in [0.25, 0.3) is 21.8 Å². The van der Waals surface area contributed by atoms with Crippen LogP contribution in [0.2, 0.25) is 0 Å². The molecule has 0 aliphatic carbocycles. The number of fused-ring (bicyclic) bond motifs is 2. The Morgan fingerprint density at radius 1 is 1.05 bits per heavy atom. The van der Waals surface area contributed by atoms with Crippen LogP contribution in [-0.4, -0.2) is 45.3 Å². The minimum atomic E-state index is 0.0885. The maximum Gasteiger partial charge on any atom is 0.123 e. The zero-order chi connectivity index (χ0) is 25.9. The van der Waals surface area contributed by atoms with Gasteiger partial charge >= 0.3 is 0 Å². The van der Waals surface area contributed by atoms with Crippen molar-refractivity contribution in [3.8, 4) is 5.75 Å². The summed E-state index contributed by atoms with van der Waals surface area (Å²) in [6, 6.07) is 18.5. The summed E-state index contributed by atoms with van der Waals surface area (Å²) in [6.45, 7) is 6.50. The molecule has 7 heteroatoms. The number of rotatable bonds is 8. The van der Waals surface area contributed by atoms with Gasteiger partial charge in [-0.1, -0.05) is 49.7 Å². The van der Waals surface area contributed by atoms with Crippen molar-refractivity contribution >= 4 is 33.5 Å². The van der Waals surface area contributed by atoms with Crippen LogP contribution < -0.4 is 10.5 Å². The fourth-order valence-corrected chi connectivity index (χ4v) is 5.34. The average Bonchev–Trinajstić information content (AvgIpc) is 3.24. The summed E-state index contributed by atoms with van der Waals surface area (Å²) in [6.07, 6.45) is 5.14. The predicted octanol–water partition coefficient (Wildman–Crippen LogP) is 5.70. The molecular formula is C30H36N6O. The van der Waals surface area contributed by atoms with E-state index in [1.165, 1.54) is 5.56 Å². The van der Waals surface area contributed by atoms with Crippen LogP contribution >= 0.6 is 0 Å². The topological polar surface area (TPSA) is 104 Å². The molecule has 1 saturated heterocycles. The molecule has 192 valence electrons. The second kappa shape index (κ2) is 10.6. The third kappa shape index (κ3) is 5.17. The molecule has 0 radical (unpaired) electrons. The standard InChI is InChI=1S/C30H36N6O/c1-3-4-9-29-34-27-18-23(37-22-14-16-35(17-15-22)20(2)31)11-13-28(27)36(29)19-21-10-12-26(30(32)33)25-8-6-5-7-24(21)25/h5-8,10-13,18,22,31H,3-4,9,14-17,19H2,1-2H3,(H3,32,33). The first kappa shape index (κ1) is 24.8. The summed E-state index contributed by atoms with van der Waals surface area (Å²) in [7, 11) is 0.